The van der Waals surface area contributed by atoms with Crippen molar-refractivity contribution in [1.82, 2.24) is 4.31 Å². The molecule has 3 rings (SSSR count). The van der Waals surface area contributed by atoms with Gasteiger partial charge in [-0.05, 0) is 30.2 Å². The highest BCUT2D eigenvalue weighted by Gasteiger charge is 2.37. The van der Waals surface area contributed by atoms with Gasteiger partial charge in [0.1, 0.15) is 0 Å². The Morgan fingerprint density at radius 2 is 1.11 bits per heavy atom. The summed E-state index contributed by atoms with van der Waals surface area (Å²) in [6, 6.07) is 5.83. The highest BCUT2D eigenvalue weighted by Crippen LogP contribution is 2.31. The van der Waals surface area contributed by atoms with Crippen LogP contribution in [0.25, 0.3) is 0 Å². The Morgan fingerprint density at radius 1 is 0.686 bits per heavy atom. The van der Waals surface area contributed by atoms with Crippen molar-refractivity contribution in [1.29, 1.82) is 0 Å². The first kappa shape index (κ1) is 26.3. The minimum absolute atomic E-state index is 0.0745. The fraction of sp³-hybridized carbons (Fsp3) is 0.136. The number of ketones is 1. The molecule has 3 aromatic rings. The van der Waals surface area contributed by atoms with Crippen LogP contribution >= 0.6 is 0 Å². The molecule has 0 spiro atoms. The number of carbonyl (C=O) groups excluding carboxylic acids is 1. The molecule has 0 unspecified atom stereocenters. The number of benzene rings is 3. The topological polar surface area (TPSA) is 54.5 Å². The van der Waals surface area contributed by atoms with Crippen LogP contribution in [0.15, 0.2) is 41.3 Å². The summed E-state index contributed by atoms with van der Waals surface area (Å²) in [7, 11) is -5.55. The van der Waals surface area contributed by atoms with Crippen molar-refractivity contribution < 1.29 is 48.3 Å². The zero-order chi connectivity index (χ0) is 26.2. The van der Waals surface area contributed by atoms with Crippen molar-refractivity contribution in [3.63, 3.8) is 0 Å². The molecule has 3 aromatic carbocycles. The third kappa shape index (κ3) is 5.05. The first-order valence-electron chi connectivity index (χ1n) is 9.50. The molecule has 4 nitrogen and oxygen atoms in total. The van der Waals surface area contributed by atoms with E-state index < -0.39 is 80.1 Å². The Kier molecular flexibility index (Phi) is 7.31. The van der Waals surface area contributed by atoms with Gasteiger partial charge in [-0.3, -0.25) is 4.79 Å². The summed E-state index contributed by atoms with van der Waals surface area (Å²) in [5.41, 5.74) is -0.245. The van der Waals surface area contributed by atoms with Gasteiger partial charge in [-0.1, -0.05) is 24.3 Å². The first-order chi connectivity index (χ1) is 16.2. The fourth-order valence-corrected chi connectivity index (χ4v) is 4.65. The van der Waals surface area contributed by atoms with E-state index in [0.29, 0.717) is 12.1 Å². The molecule has 0 fully saturated rings. The Labute approximate surface area is 193 Å². The molecule has 0 bridgehead atoms. The molecule has 0 heterocycles. The molecule has 0 saturated carbocycles. The molecule has 0 atom stereocenters. The second-order valence-electron chi connectivity index (χ2n) is 7.30. The highest BCUT2D eigenvalue weighted by molar-refractivity contribution is 7.89. The predicted molar refractivity (Wildman–Crippen MR) is 105 cm³/mol. The van der Waals surface area contributed by atoms with Gasteiger partial charge in [-0.2, -0.15) is 4.31 Å². The predicted octanol–water partition coefficient (Wildman–Crippen LogP) is 5.39. The third-order valence-corrected chi connectivity index (χ3v) is 6.70. The van der Waals surface area contributed by atoms with Crippen molar-refractivity contribution >= 4 is 15.8 Å². The second kappa shape index (κ2) is 9.74. The summed E-state index contributed by atoms with van der Waals surface area (Å²) >= 11 is 0. The van der Waals surface area contributed by atoms with Crippen LogP contribution < -0.4 is 0 Å². The summed E-state index contributed by atoms with van der Waals surface area (Å²) in [6.45, 7) is -0.600. The van der Waals surface area contributed by atoms with Gasteiger partial charge < -0.3 is 0 Å². The van der Waals surface area contributed by atoms with Gasteiger partial charge in [0, 0.05) is 18.7 Å². The van der Waals surface area contributed by atoms with Crippen molar-refractivity contribution in [2.75, 3.05) is 0 Å². The summed E-state index contributed by atoms with van der Waals surface area (Å²) in [5.74, 6) is -18.6. The van der Waals surface area contributed by atoms with Crippen LogP contribution in [0.1, 0.15) is 28.4 Å². The van der Waals surface area contributed by atoms with Gasteiger partial charge in [-0.25, -0.2) is 43.5 Å². The summed E-state index contributed by atoms with van der Waals surface area (Å²) in [5, 5.41) is 0. The van der Waals surface area contributed by atoms with Crippen molar-refractivity contribution in [2.45, 2.75) is 24.9 Å². The molecule has 0 aliphatic heterocycles. The van der Waals surface area contributed by atoms with Crippen LogP contribution in [0.2, 0.25) is 0 Å². The van der Waals surface area contributed by atoms with Crippen LogP contribution in [0.3, 0.4) is 0 Å². The molecule has 35 heavy (non-hydrogen) atoms. The lowest BCUT2D eigenvalue weighted by Crippen LogP contribution is -2.32. The van der Waals surface area contributed by atoms with Crippen molar-refractivity contribution in [3.05, 3.63) is 99.6 Å². The van der Waals surface area contributed by atoms with E-state index in [4.69, 9.17) is 0 Å². The third-order valence-electron chi connectivity index (χ3n) is 4.89. The Balaban J connectivity index is 2.16. The van der Waals surface area contributed by atoms with Gasteiger partial charge in [0.2, 0.25) is 15.8 Å². The summed E-state index contributed by atoms with van der Waals surface area (Å²) in [4.78, 5) is 9.25. The largest absolute Gasteiger partial charge is 0.295 e. The van der Waals surface area contributed by atoms with Crippen LogP contribution in [0, 0.1) is 46.5 Å². The van der Waals surface area contributed by atoms with E-state index in [-0.39, 0.29) is 21.2 Å². The minimum atomic E-state index is -5.55. The van der Waals surface area contributed by atoms with Crippen LogP contribution in [-0.2, 0) is 23.1 Å². The quantitative estimate of drug-likeness (QED) is 0.181. The van der Waals surface area contributed by atoms with Gasteiger partial charge in [0.15, 0.2) is 51.4 Å². The lowest BCUT2D eigenvalue weighted by atomic mass is 10.1. The minimum Gasteiger partial charge on any atom is -0.295 e. The van der Waals surface area contributed by atoms with Crippen LogP contribution in [-0.4, -0.2) is 18.5 Å². The summed E-state index contributed by atoms with van der Waals surface area (Å²) in [6.07, 6.45) is 0. The number of hydrogen-bond acceptors (Lipinski definition) is 3. The van der Waals surface area contributed by atoms with Crippen LogP contribution in [0.5, 0.6) is 0 Å². The van der Waals surface area contributed by atoms with Crippen molar-refractivity contribution in [2.24, 2.45) is 0 Å². The fourth-order valence-electron chi connectivity index (χ4n) is 3.12. The van der Waals surface area contributed by atoms with E-state index in [2.05, 4.69) is 0 Å². The lowest BCUT2D eigenvalue weighted by molar-refractivity contribution is 0.101. The monoisotopic (exact) mass is 523 g/mol. The average molecular weight is 523 g/mol. The van der Waals surface area contributed by atoms with Gasteiger partial charge in [-0.15, -0.1) is 0 Å². The standard InChI is InChI=1S/C22H13F8NO3S/c1-10(32)13-4-2-11(3-5-13)8-31(9-12-6-14(23)16(25)15(24)7-12)35(33,34)22-20(29)18(27)17(26)19(28)21(22)30/h2-7H,8-9H2,1H3. The van der Waals surface area contributed by atoms with E-state index in [1.165, 1.54) is 31.2 Å². The van der Waals surface area contributed by atoms with E-state index in [1.807, 2.05) is 0 Å². The molecular weight excluding hydrogens is 510 g/mol. The van der Waals surface area contributed by atoms with E-state index >= 15 is 0 Å². The number of nitrogens with zero attached hydrogens (tertiary/aromatic N) is 1. The number of hydrogen-bond donors (Lipinski definition) is 0. The number of sulfonamides is 1. The molecule has 0 aliphatic carbocycles. The zero-order valence-corrected chi connectivity index (χ0v) is 18.3. The van der Waals surface area contributed by atoms with E-state index in [1.54, 1.807) is 0 Å². The van der Waals surface area contributed by atoms with Crippen molar-refractivity contribution in [3.8, 4) is 0 Å². The Bertz CT molecular complexity index is 1370. The average Bonchev–Trinajstić information content (AvgIpc) is 2.79. The zero-order valence-electron chi connectivity index (χ0n) is 17.5. The number of rotatable bonds is 7. The molecule has 0 aromatic heterocycles. The molecule has 0 radical (unpaired) electrons. The van der Waals surface area contributed by atoms with Gasteiger partial charge in [0.25, 0.3) is 0 Å². The van der Waals surface area contributed by atoms with E-state index in [9.17, 15) is 48.3 Å². The molecule has 0 saturated heterocycles. The van der Waals surface area contributed by atoms with Crippen LogP contribution in [0.4, 0.5) is 35.1 Å². The molecular formula is C22H13F8NO3S. The number of halogens is 8. The summed E-state index contributed by atoms with van der Waals surface area (Å²) < 4.78 is 136. The normalized spacial score (nSPS) is 11.8. The Hall–Kier alpha value is -3.32. The SMILES string of the molecule is CC(=O)c1ccc(CN(Cc2cc(F)c(F)c(F)c2)S(=O)(=O)c2c(F)c(F)c(F)c(F)c2F)cc1. The second-order valence-corrected chi connectivity index (χ2v) is 9.17. The molecule has 0 amide bonds. The molecule has 0 aliphatic rings. The molecule has 0 N–H and O–H groups in total. The first-order valence-corrected chi connectivity index (χ1v) is 10.9. The molecule has 186 valence electrons. The Morgan fingerprint density at radius 3 is 1.57 bits per heavy atom. The number of Topliss-reactive ketones (excluding diaryl/α,β-unsaturated/α-hetero) is 1. The maximum absolute atomic E-state index is 14.3. The maximum Gasteiger partial charge on any atom is 0.249 e. The lowest BCUT2D eigenvalue weighted by Gasteiger charge is -2.23. The van der Waals surface area contributed by atoms with E-state index in [0.717, 1.165) is 0 Å². The highest BCUT2D eigenvalue weighted by atomic mass is 32.2. The van der Waals surface area contributed by atoms with Gasteiger partial charge >= 0.3 is 0 Å². The number of carbonyl (C=O) groups is 1. The molecule has 13 heteroatoms. The van der Waals surface area contributed by atoms with Gasteiger partial charge in [0.05, 0.1) is 0 Å². The smallest absolute Gasteiger partial charge is 0.249 e. The maximum atomic E-state index is 14.3.